The van der Waals surface area contributed by atoms with Crippen LogP contribution in [0.2, 0.25) is 5.02 Å². The van der Waals surface area contributed by atoms with Gasteiger partial charge >= 0.3 is 0 Å². The first-order valence-corrected chi connectivity index (χ1v) is 14.6. The van der Waals surface area contributed by atoms with E-state index in [2.05, 4.69) is 5.32 Å². The highest BCUT2D eigenvalue weighted by Crippen LogP contribution is 2.30. The maximum absolute atomic E-state index is 13.5. The minimum absolute atomic E-state index is 0.00357. The number of sulfonamides is 1. The molecule has 0 aliphatic carbocycles. The van der Waals surface area contributed by atoms with Crippen molar-refractivity contribution in [3.8, 4) is 5.75 Å². The third-order valence-corrected chi connectivity index (χ3v) is 7.22. The van der Waals surface area contributed by atoms with E-state index in [0.717, 1.165) is 6.26 Å². The molecule has 0 fully saturated rings. The van der Waals surface area contributed by atoms with E-state index in [0.29, 0.717) is 23.4 Å². The Hall–Kier alpha value is -2.85. The highest BCUT2D eigenvalue weighted by Gasteiger charge is 2.30. The van der Waals surface area contributed by atoms with Crippen molar-refractivity contribution in [3.05, 3.63) is 58.9 Å². The van der Waals surface area contributed by atoms with Gasteiger partial charge in [0, 0.05) is 25.0 Å². The Kier molecular flexibility index (Phi) is 11.0. The fraction of sp³-hybridized carbons (Fsp3) is 0.481. The number of ether oxygens (including phenoxy) is 1. The molecular formula is C27H37ClFN3O5S. The first-order chi connectivity index (χ1) is 17.7. The van der Waals surface area contributed by atoms with E-state index in [1.165, 1.54) is 34.5 Å². The summed E-state index contributed by atoms with van der Waals surface area (Å²) in [6.07, 6.45) is 1.65. The largest absolute Gasteiger partial charge is 0.495 e. The average molecular weight is 570 g/mol. The molecule has 0 spiro atoms. The number of methoxy groups -OCH3 is 1. The molecular weight excluding hydrogens is 533 g/mol. The average Bonchev–Trinajstić information content (AvgIpc) is 2.80. The molecule has 2 rings (SSSR count). The van der Waals surface area contributed by atoms with E-state index in [1.54, 1.807) is 24.3 Å². The van der Waals surface area contributed by atoms with Crippen LogP contribution in [0.1, 0.15) is 52.5 Å². The molecule has 0 saturated carbocycles. The van der Waals surface area contributed by atoms with Gasteiger partial charge in [-0.05, 0) is 69.5 Å². The van der Waals surface area contributed by atoms with Crippen LogP contribution in [0.25, 0.3) is 0 Å². The summed E-state index contributed by atoms with van der Waals surface area (Å²) < 4.78 is 44.8. The third-order valence-electron chi connectivity index (χ3n) is 5.73. The molecule has 0 heterocycles. The van der Waals surface area contributed by atoms with Crippen molar-refractivity contribution < 1.29 is 27.1 Å². The van der Waals surface area contributed by atoms with Crippen LogP contribution < -0.4 is 14.4 Å². The summed E-state index contributed by atoms with van der Waals surface area (Å²) in [5.41, 5.74) is 0.530. The number of nitrogens with zero attached hydrogens (tertiary/aromatic N) is 2. The second kappa shape index (κ2) is 13.3. The number of halogens is 2. The molecule has 2 amide bonds. The van der Waals surface area contributed by atoms with E-state index in [4.69, 9.17) is 16.3 Å². The number of carbonyl (C=O) groups is 2. The zero-order valence-electron chi connectivity index (χ0n) is 22.8. The first kappa shape index (κ1) is 31.4. The van der Waals surface area contributed by atoms with Crippen LogP contribution in [-0.4, -0.2) is 56.6 Å². The van der Waals surface area contributed by atoms with Crippen molar-refractivity contribution in [1.82, 2.24) is 10.2 Å². The predicted molar refractivity (Wildman–Crippen MR) is 148 cm³/mol. The lowest BCUT2D eigenvalue weighted by atomic mass is 10.0. The molecule has 1 N–H and O–H groups in total. The quantitative estimate of drug-likeness (QED) is 0.398. The summed E-state index contributed by atoms with van der Waals surface area (Å²) in [5.74, 6) is -0.592. The lowest BCUT2D eigenvalue weighted by Crippen LogP contribution is -2.53. The van der Waals surface area contributed by atoms with Crippen molar-refractivity contribution in [2.75, 3.05) is 24.2 Å². The van der Waals surface area contributed by atoms with Crippen molar-refractivity contribution in [2.24, 2.45) is 0 Å². The number of anilines is 1. The summed E-state index contributed by atoms with van der Waals surface area (Å²) in [6.45, 7) is 7.52. The van der Waals surface area contributed by atoms with E-state index < -0.39 is 27.4 Å². The van der Waals surface area contributed by atoms with Gasteiger partial charge in [0.1, 0.15) is 17.6 Å². The molecule has 0 radical (unpaired) electrons. The summed E-state index contributed by atoms with van der Waals surface area (Å²) in [5, 5.41) is 3.19. The Balaban J connectivity index is 2.25. The van der Waals surface area contributed by atoms with Gasteiger partial charge in [0.2, 0.25) is 21.8 Å². The fourth-order valence-corrected chi connectivity index (χ4v) is 5.18. The molecule has 0 unspecified atom stereocenters. The van der Waals surface area contributed by atoms with Gasteiger partial charge in [-0.2, -0.15) is 0 Å². The molecule has 0 aromatic heterocycles. The Morgan fingerprint density at radius 3 is 2.26 bits per heavy atom. The number of hydrogen-bond acceptors (Lipinski definition) is 5. The molecule has 38 heavy (non-hydrogen) atoms. The predicted octanol–water partition coefficient (Wildman–Crippen LogP) is 4.76. The Morgan fingerprint density at radius 1 is 1.13 bits per heavy atom. The molecule has 2 aromatic rings. The van der Waals surface area contributed by atoms with Gasteiger partial charge in [-0.25, -0.2) is 12.8 Å². The topological polar surface area (TPSA) is 96.0 Å². The van der Waals surface area contributed by atoms with Crippen molar-refractivity contribution in [1.29, 1.82) is 0 Å². The molecule has 8 nitrogen and oxygen atoms in total. The van der Waals surface area contributed by atoms with E-state index in [9.17, 15) is 22.4 Å². The second-order valence-electron chi connectivity index (χ2n) is 10.1. The monoisotopic (exact) mass is 569 g/mol. The summed E-state index contributed by atoms with van der Waals surface area (Å²) >= 11 is 6.19. The number of benzene rings is 2. The van der Waals surface area contributed by atoms with Gasteiger partial charge in [0.15, 0.2) is 0 Å². The summed E-state index contributed by atoms with van der Waals surface area (Å²) in [6, 6.07) is 9.65. The molecule has 0 aliphatic rings. The van der Waals surface area contributed by atoms with E-state index in [1.807, 2.05) is 27.7 Å². The smallest absolute Gasteiger partial charge is 0.243 e. The van der Waals surface area contributed by atoms with E-state index >= 15 is 0 Å². The molecule has 210 valence electrons. The zero-order chi connectivity index (χ0) is 28.7. The van der Waals surface area contributed by atoms with Gasteiger partial charge in [0.05, 0.1) is 24.1 Å². The van der Waals surface area contributed by atoms with Crippen molar-refractivity contribution in [3.63, 3.8) is 0 Å². The minimum atomic E-state index is -3.67. The van der Waals surface area contributed by atoms with Crippen molar-refractivity contribution in [2.45, 2.75) is 65.1 Å². The molecule has 0 aliphatic heterocycles. The molecule has 1 atom stereocenters. The van der Waals surface area contributed by atoms with Crippen LogP contribution in [-0.2, 0) is 26.2 Å². The lowest BCUT2D eigenvalue weighted by Gasteiger charge is -2.33. The van der Waals surface area contributed by atoms with Crippen LogP contribution in [0.3, 0.4) is 0 Å². The van der Waals surface area contributed by atoms with Crippen LogP contribution in [0.4, 0.5) is 10.1 Å². The highest BCUT2D eigenvalue weighted by molar-refractivity contribution is 7.92. The Bertz CT molecular complexity index is 1220. The maximum atomic E-state index is 13.5. The fourth-order valence-electron chi connectivity index (χ4n) is 3.97. The van der Waals surface area contributed by atoms with Gasteiger partial charge < -0.3 is 15.0 Å². The maximum Gasteiger partial charge on any atom is 0.243 e. The Labute approximate surface area is 230 Å². The summed E-state index contributed by atoms with van der Waals surface area (Å²) in [7, 11) is -2.21. The van der Waals surface area contributed by atoms with E-state index in [-0.39, 0.29) is 42.8 Å². The normalized spacial score (nSPS) is 12.5. The molecule has 11 heteroatoms. The van der Waals surface area contributed by atoms with Gasteiger partial charge in [-0.1, -0.05) is 30.7 Å². The summed E-state index contributed by atoms with van der Waals surface area (Å²) in [4.78, 5) is 28.0. The van der Waals surface area contributed by atoms with Gasteiger partial charge in [-0.3, -0.25) is 13.9 Å². The highest BCUT2D eigenvalue weighted by atomic mass is 35.5. The van der Waals surface area contributed by atoms with Crippen LogP contribution in [0.15, 0.2) is 42.5 Å². The number of carbonyl (C=O) groups excluding carboxylic acids is 2. The number of rotatable bonds is 12. The standard InChI is InChI=1S/C27H37ClFN3O5S/c1-7-23(26(34)30-27(2,3)4)31(18-19-10-12-20(29)13-11-19)25(33)9-8-16-32(38(6,35)36)21-14-15-24(37-5)22(28)17-21/h10-15,17,23H,7-9,16,18H2,1-6H3,(H,30,34)/t23-/m1/s1. The van der Waals surface area contributed by atoms with Crippen LogP contribution >= 0.6 is 11.6 Å². The SMILES string of the molecule is CC[C@H](C(=O)NC(C)(C)C)N(Cc1ccc(F)cc1)C(=O)CCCN(c1ccc(OC)c(Cl)c1)S(C)(=O)=O. The number of nitrogens with one attached hydrogen (secondary N) is 1. The molecule has 0 bridgehead atoms. The van der Waals surface area contributed by atoms with Gasteiger partial charge in [-0.15, -0.1) is 0 Å². The Morgan fingerprint density at radius 2 is 1.76 bits per heavy atom. The lowest BCUT2D eigenvalue weighted by molar-refractivity contribution is -0.142. The zero-order valence-corrected chi connectivity index (χ0v) is 24.3. The van der Waals surface area contributed by atoms with Crippen LogP contribution in [0, 0.1) is 5.82 Å². The molecule has 2 aromatic carbocycles. The third kappa shape index (κ3) is 9.16. The number of hydrogen-bond donors (Lipinski definition) is 1. The number of amides is 2. The molecule has 0 saturated heterocycles. The van der Waals surface area contributed by atoms with Crippen LogP contribution in [0.5, 0.6) is 5.75 Å². The second-order valence-corrected chi connectivity index (χ2v) is 12.4. The van der Waals surface area contributed by atoms with Gasteiger partial charge in [0.25, 0.3) is 0 Å². The minimum Gasteiger partial charge on any atom is -0.495 e. The van der Waals surface area contributed by atoms with Crippen molar-refractivity contribution >= 4 is 39.1 Å². The first-order valence-electron chi connectivity index (χ1n) is 12.3.